The van der Waals surface area contributed by atoms with Crippen molar-refractivity contribution < 1.29 is 4.74 Å². The van der Waals surface area contributed by atoms with Gasteiger partial charge in [0.2, 0.25) is 0 Å². The lowest BCUT2D eigenvalue weighted by Gasteiger charge is -2.09. The largest absolute Gasteiger partial charge is 0.457 e. The summed E-state index contributed by atoms with van der Waals surface area (Å²) < 4.78 is 7.86. The molecule has 134 valence electrons. The Morgan fingerprint density at radius 3 is 2.26 bits per heavy atom. The van der Waals surface area contributed by atoms with Gasteiger partial charge in [-0.1, -0.05) is 18.2 Å². The predicted molar refractivity (Wildman–Crippen MR) is 108 cm³/mol. The van der Waals surface area contributed by atoms with E-state index in [-0.39, 0.29) is 0 Å². The van der Waals surface area contributed by atoms with Gasteiger partial charge in [0.1, 0.15) is 11.5 Å². The van der Waals surface area contributed by atoms with Crippen molar-refractivity contribution in [2.45, 2.75) is 13.8 Å². The Morgan fingerprint density at radius 2 is 1.52 bits per heavy atom. The van der Waals surface area contributed by atoms with Crippen molar-refractivity contribution >= 4 is 16.6 Å². The molecule has 0 bridgehead atoms. The average Bonchev–Trinajstić information content (AvgIpc) is 2.68. The van der Waals surface area contributed by atoms with Gasteiger partial charge in [0.05, 0.1) is 17.5 Å². The molecule has 1 heterocycles. The topological polar surface area (TPSA) is 39.4 Å². The molecule has 0 atom stereocenters. The lowest BCUT2D eigenvalue weighted by molar-refractivity contribution is 0.483. The quantitative estimate of drug-likeness (QED) is 0.506. The van der Waals surface area contributed by atoms with Gasteiger partial charge in [0.15, 0.2) is 5.49 Å². The van der Waals surface area contributed by atoms with Gasteiger partial charge in [-0.25, -0.2) is 9.98 Å². The van der Waals surface area contributed by atoms with Crippen LogP contribution in [0.3, 0.4) is 0 Å². The van der Waals surface area contributed by atoms with Gasteiger partial charge in [0.25, 0.3) is 0 Å². The van der Waals surface area contributed by atoms with Gasteiger partial charge in [0, 0.05) is 12.4 Å². The molecule has 0 radical (unpaired) electrons. The van der Waals surface area contributed by atoms with E-state index in [2.05, 4.69) is 31.0 Å². The molecule has 0 spiro atoms. The fourth-order valence-electron chi connectivity index (χ4n) is 2.97. The third kappa shape index (κ3) is 3.60. The van der Waals surface area contributed by atoms with Gasteiger partial charge in [-0.3, -0.25) is 0 Å². The summed E-state index contributed by atoms with van der Waals surface area (Å²) in [5.74, 6) is 1.60. The van der Waals surface area contributed by atoms with Crippen LogP contribution in [0.15, 0.2) is 78.0 Å². The first kappa shape index (κ1) is 17.0. The van der Waals surface area contributed by atoms with E-state index in [1.54, 1.807) is 0 Å². The molecular weight excluding hydrogens is 334 g/mol. The number of ether oxygens (including phenoxy) is 1. The minimum absolute atomic E-state index is 0.725. The molecule has 4 heteroatoms. The van der Waals surface area contributed by atoms with Crippen LogP contribution in [0.5, 0.6) is 11.5 Å². The third-order valence-corrected chi connectivity index (χ3v) is 4.64. The molecule has 0 amide bonds. The Balaban J connectivity index is 1.71. The normalized spacial score (nSPS) is 11.7. The monoisotopic (exact) mass is 355 g/mol. The summed E-state index contributed by atoms with van der Waals surface area (Å²) >= 11 is 0. The molecule has 0 aliphatic rings. The zero-order valence-corrected chi connectivity index (χ0v) is 15.7. The number of hydrogen-bond donors (Lipinski definition) is 0. The van der Waals surface area contributed by atoms with Crippen LogP contribution >= 0.6 is 0 Å². The summed E-state index contributed by atoms with van der Waals surface area (Å²) in [5, 5.41) is 1.05. The number of aromatic nitrogens is 2. The summed E-state index contributed by atoms with van der Waals surface area (Å²) in [6.07, 6.45) is 1.81. The maximum absolute atomic E-state index is 5.84. The second-order valence-electron chi connectivity index (χ2n) is 6.65. The Morgan fingerprint density at radius 1 is 0.852 bits per heavy atom. The number of rotatable bonds is 3. The lowest BCUT2D eigenvalue weighted by atomic mass is 10.1. The Bertz CT molecular complexity index is 1160. The van der Waals surface area contributed by atoms with E-state index >= 15 is 0 Å². The van der Waals surface area contributed by atoms with Gasteiger partial charge >= 0.3 is 0 Å². The SMILES string of the molecule is Cc1cc2c(=Nc3ccc(Oc4ccccc4)cc3)ncn(C)c2cc1C. The maximum Gasteiger partial charge on any atom is 0.163 e. The summed E-state index contributed by atoms with van der Waals surface area (Å²) in [6.45, 7) is 4.23. The van der Waals surface area contributed by atoms with Crippen LogP contribution in [0.4, 0.5) is 5.69 Å². The number of nitrogens with zero attached hydrogens (tertiary/aromatic N) is 3. The highest BCUT2D eigenvalue weighted by Crippen LogP contribution is 2.24. The van der Waals surface area contributed by atoms with Gasteiger partial charge in [-0.05, 0) is 73.5 Å². The highest BCUT2D eigenvalue weighted by molar-refractivity contribution is 5.79. The van der Waals surface area contributed by atoms with E-state index in [4.69, 9.17) is 9.73 Å². The molecule has 0 saturated carbocycles. The molecule has 0 aliphatic carbocycles. The molecule has 4 rings (SSSR count). The molecule has 0 unspecified atom stereocenters. The van der Waals surface area contributed by atoms with Gasteiger partial charge in [-0.2, -0.15) is 0 Å². The summed E-state index contributed by atoms with van der Waals surface area (Å²) in [5.41, 5.74) is 5.19. The molecule has 4 aromatic rings. The van der Waals surface area contributed by atoms with Crippen molar-refractivity contribution in [2.24, 2.45) is 12.0 Å². The molecule has 0 aliphatic heterocycles. The van der Waals surface area contributed by atoms with Crippen LogP contribution in [0, 0.1) is 13.8 Å². The number of para-hydroxylation sites is 1. The smallest absolute Gasteiger partial charge is 0.163 e. The molecular formula is C23H21N3O. The van der Waals surface area contributed by atoms with Crippen LogP contribution in [-0.2, 0) is 7.05 Å². The van der Waals surface area contributed by atoms with Crippen LogP contribution < -0.4 is 10.2 Å². The van der Waals surface area contributed by atoms with Crippen molar-refractivity contribution in [3.05, 3.63) is 89.7 Å². The molecule has 1 aromatic heterocycles. The summed E-state index contributed by atoms with van der Waals surface area (Å²) in [7, 11) is 2.00. The van der Waals surface area contributed by atoms with Crippen molar-refractivity contribution in [3.8, 4) is 11.5 Å². The average molecular weight is 355 g/mol. The van der Waals surface area contributed by atoms with Crippen LogP contribution in [-0.4, -0.2) is 9.55 Å². The minimum Gasteiger partial charge on any atom is -0.457 e. The number of benzene rings is 3. The fourth-order valence-corrected chi connectivity index (χ4v) is 2.97. The zero-order chi connectivity index (χ0) is 18.8. The second-order valence-corrected chi connectivity index (χ2v) is 6.65. The van der Waals surface area contributed by atoms with E-state index in [1.807, 2.05) is 72.5 Å². The first-order chi connectivity index (χ1) is 13.1. The highest BCUT2D eigenvalue weighted by Gasteiger charge is 2.04. The van der Waals surface area contributed by atoms with Gasteiger partial charge in [-0.15, -0.1) is 0 Å². The first-order valence-corrected chi connectivity index (χ1v) is 8.90. The van der Waals surface area contributed by atoms with Crippen molar-refractivity contribution in [1.29, 1.82) is 0 Å². The number of hydrogen-bond acceptors (Lipinski definition) is 3. The Hall–Kier alpha value is -3.40. The van der Waals surface area contributed by atoms with E-state index in [0.717, 1.165) is 33.6 Å². The fraction of sp³-hybridized carbons (Fsp3) is 0.130. The first-order valence-electron chi connectivity index (χ1n) is 8.90. The highest BCUT2D eigenvalue weighted by atomic mass is 16.5. The second kappa shape index (κ2) is 7.08. The zero-order valence-electron chi connectivity index (χ0n) is 15.7. The molecule has 0 fully saturated rings. The Labute approximate surface area is 158 Å². The van der Waals surface area contributed by atoms with Crippen molar-refractivity contribution in [3.63, 3.8) is 0 Å². The molecule has 0 N–H and O–H groups in total. The molecule has 3 aromatic carbocycles. The standard InChI is InChI=1S/C23H21N3O/c1-16-13-21-22(14-17(16)2)26(3)15-24-23(21)25-18-9-11-20(12-10-18)27-19-7-5-4-6-8-19/h4-15H,1-3H3. The molecule has 0 saturated heterocycles. The summed E-state index contributed by atoms with van der Waals surface area (Å²) in [6, 6.07) is 21.8. The van der Waals surface area contributed by atoms with Crippen LogP contribution in [0.25, 0.3) is 10.9 Å². The number of aryl methyl sites for hydroxylation is 3. The molecule has 4 nitrogen and oxygen atoms in total. The Kier molecular flexibility index (Phi) is 4.47. The lowest BCUT2D eigenvalue weighted by Crippen LogP contribution is -2.12. The summed E-state index contributed by atoms with van der Waals surface area (Å²) in [4.78, 5) is 9.28. The van der Waals surface area contributed by atoms with Crippen molar-refractivity contribution in [2.75, 3.05) is 0 Å². The van der Waals surface area contributed by atoms with Gasteiger partial charge < -0.3 is 9.30 Å². The van der Waals surface area contributed by atoms with Crippen molar-refractivity contribution in [1.82, 2.24) is 9.55 Å². The van der Waals surface area contributed by atoms with E-state index in [9.17, 15) is 0 Å². The van der Waals surface area contributed by atoms with Crippen LogP contribution in [0.2, 0.25) is 0 Å². The maximum atomic E-state index is 5.84. The minimum atomic E-state index is 0.725. The van der Waals surface area contributed by atoms with E-state index in [1.165, 1.54) is 11.1 Å². The van der Waals surface area contributed by atoms with E-state index in [0.29, 0.717) is 0 Å². The van der Waals surface area contributed by atoms with Crippen LogP contribution in [0.1, 0.15) is 11.1 Å². The predicted octanol–water partition coefficient (Wildman–Crippen LogP) is 5.21. The molecule has 27 heavy (non-hydrogen) atoms. The van der Waals surface area contributed by atoms with E-state index < -0.39 is 0 Å². The third-order valence-electron chi connectivity index (χ3n) is 4.64. The number of fused-ring (bicyclic) bond motifs is 1.